The number of anilines is 1. The van der Waals surface area contributed by atoms with Crippen LogP contribution in [0.15, 0.2) is 48.8 Å². The summed E-state index contributed by atoms with van der Waals surface area (Å²) in [6.07, 6.45) is 9.07. The normalized spacial score (nSPS) is 24.6. The molecule has 2 saturated heterocycles. The Balaban J connectivity index is 1.12. The molecule has 0 radical (unpaired) electrons. The van der Waals surface area contributed by atoms with Gasteiger partial charge in [-0.05, 0) is 88.0 Å². The molecule has 6 rings (SSSR count). The zero-order valence-electron chi connectivity index (χ0n) is 22.4. The number of amides is 2. The molecule has 2 unspecified atom stereocenters. The largest absolute Gasteiger partial charge is 0.334 e. The Morgan fingerprint density at radius 2 is 1.95 bits per heavy atom. The number of nitrogens with one attached hydrogen (secondary N) is 3. The Labute approximate surface area is 233 Å². The van der Waals surface area contributed by atoms with E-state index in [1.807, 2.05) is 41.3 Å². The fourth-order valence-electron chi connectivity index (χ4n) is 6.02. The van der Waals surface area contributed by atoms with Crippen LogP contribution in [-0.4, -0.2) is 64.3 Å². The monoisotopic (exact) mass is 545 g/mol. The van der Waals surface area contributed by atoms with Gasteiger partial charge in [-0.2, -0.15) is 0 Å². The topological polar surface area (TPSA) is 102 Å². The molecule has 2 fully saturated rings. The van der Waals surface area contributed by atoms with Crippen LogP contribution in [0.3, 0.4) is 0 Å². The van der Waals surface area contributed by atoms with Crippen LogP contribution in [0, 0.1) is 0 Å². The van der Waals surface area contributed by atoms with Crippen molar-refractivity contribution in [3.63, 3.8) is 0 Å². The fraction of sp³-hybridized carbons (Fsp3) is 0.448. The molecule has 1 aliphatic carbocycles. The number of rotatable bonds is 6. The molecule has 2 aliphatic heterocycles. The van der Waals surface area contributed by atoms with Gasteiger partial charge in [-0.25, -0.2) is 15.8 Å². The summed E-state index contributed by atoms with van der Waals surface area (Å²) < 4.78 is 0. The maximum absolute atomic E-state index is 13.6. The van der Waals surface area contributed by atoms with Crippen molar-refractivity contribution in [2.45, 2.75) is 62.7 Å². The molecular formula is C29H35N7O2S. The second-order valence-corrected chi connectivity index (χ2v) is 12.0. The third kappa shape index (κ3) is 5.47. The number of likely N-dealkylation sites (tertiary alicyclic amines) is 1. The van der Waals surface area contributed by atoms with Gasteiger partial charge in [-0.15, -0.1) is 11.3 Å². The van der Waals surface area contributed by atoms with Crippen molar-refractivity contribution in [2.24, 2.45) is 0 Å². The van der Waals surface area contributed by atoms with E-state index < -0.39 is 0 Å². The van der Waals surface area contributed by atoms with Crippen LogP contribution in [0.25, 0.3) is 0 Å². The third-order valence-electron chi connectivity index (χ3n) is 8.24. The van der Waals surface area contributed by atoms with Crippen LogP contribution >= 0.6 is 11.3 Å². The quantitative estimate of drug-likeness (QED) is 0.436. The summed E-state index contributed by atoms with van der Waals surface area (Å²) in [5, 5.41) is 3.69. The number of hydrogen-bond donors (Lipinski definition) is 3. The van der Waals surface area contributed by atoms with Gasteiger partial charge in [0.1, 0.15) is 6.04 Å². The van der Waals surface area contributed by atoms with E-state index in [1.165, 1.54) is 4.88 Å². The molecule has 0 spiro atoms. The summed E-state index contributed by atoms with van der Waals surface area (Å²) >= 11 is 1.59. The van der Waals surface area contributed by atoms with Gasteiger partial charge >= 0.3 is 0 Å². The number of hydrogen-bond acceptors (Lipinski definition) is 8. The second kappa shape index (κ2) is 11.1. The third-order valence-corrected chi connectivity index (χ3v) is 9.28. The van der Waals surface area contributed by atoms with Crippen LogP contribution in [0.1, 0.15) is 69.8 Å². The lowest BCUT2D eigenvalue weighted by Crippen LogP contribution is -2.45. The molecular weight excluding hydrogens is 510 g/mol. The Morgan fingerprint density at radius 3 is 2.77 bits per heavy atom. The van der Waals surface area contributed by atoms with Crippen LogP contribution < -0.4 is 16.2 Å². The predicted molar refractivity (Wildman–Crippen MR) is 151 cm³/mol. The number of thiazole rings is 1. The summed E-state index contributed by atoms with van der Waals surface area (Å²) in [5.74, 6) is -0.0642. The zero-order valence-corrected chi connectivity index (χ0v) is 23.2. The van der Waals surface area contributed by atoms with Gasteiger partial charge in [0.05, 0.1) is 11.7 Å². The number of likely N-dealkylation sites (N-methyl/N-ethyl adjacent to an activating group) is 1. The highest BCUT2D eigenvalue weighted by atomic mass is 32.1. The van der Waals surface area contributed by atoms with Gasteiger partial charge in [0.25, 0.3) is 5.91 Å². The number of pyridine rings is 1. The highest BCUT2D eigenvalue weighted by Crippen LogP contribution is 2.35. The van der Waals surface area contributed by atoms with Gasteiger partial charge in [0, 0.05) is 41.5 Å². The van der Waals surface area contributed by atoms with Gasteiger partial charge in [-0.3, -0.25) is 19.9 Å². The molecule has 3 N–H and O–H groups in total. The van der Waals surface area contributed by atoms with Crippen molar-refractivity contribution in [1.82, 2.24) is 30.6 Å². The summed E-state index contributed by atoms with van der Waals surface area (Å²) in [4.78, 5) is 41.1. The highest BCUT2D eigenvalue weighted by Gasteiger charge is 2.38. The van der Waals surface area contributed by atoms with Crippen LogP contribution in [0.5, 0.6) is 0 Å². The van der Waals surface area contributed by atoms with Gasteiger partial charge in [0.2, 0.25) is 5.91 Å². The van der Waals surface area contributed by atoms with E-state index >= 15 is 0 Å². The van der Waals surface area contributed by atoms with E-state index in [9.17, 15) is 9.59 Å². The Kier molecular flexibility index (Phi) is 7.44. The fourth-order valence-corrected chi connectivity index (χ4v) is 7.09. The molecule has 10 heteroatoms. The molecule has 1 aromatic carbocycles. The van der Waals surface area contributed by atoms with E-state index in [1.54, 1.807) is 23.7 Å². The molecule has 0 bridgehead atoms. The molecule has 4 heterocycles. The van der Waals surface area contributed by atoms with E-state index in [0.29, 0.717) is 23.2 Å². The number of carbonyl (C=O) groups excluding carboxylic acids is 2. The minimum Gasteiger partial charge on any atom is -0.334 e. The average molecular weight is 546 g/mol. The molecule has 3 aliphatic rings. The van der Waals surface area contributed by atoms with Crippen molar-refractivity contribution in [3.8, 4) is 0 Å². The molecule has 4 atom stereocenters. The Morgan fingerprint density at radius 1 is 1.10 bits per heavy atom. The summed E-state index contributed by atoms with van der Waals surface area (Å²) in [5.41, 5.74) is 10.3. The van der Waals surface area contributed by atoms with Gasteiger partial charge < -0.3 is 9.80 Å². The molecule has 2 amide bonds. The Bertz CT molecular complexity index is 1340. The lowest BCUT2D eigenvalue weighted by atomic mass is 9.97. The van der Waals surface area contributed by atoms with Gasteiger partial charge in [-0.1, -0.05) is 12.1 Å². The van der Waals surface area contributed by atoms with Crippen molar-refractivity contribution in [3.05, 3.63) is 76.1 Å². The van der Waals surface area contributed by atoms with E-state index in [-0.39, 0.29) is 29.9 Å². The van der Waals surface area contributed by atoms with Crippen molar-refractivity contribution >= 4 is 28.3 Å². The average Bonchev–Trinajstić information content (AvgIpc) is 3.72. The first-order valence-corrected chi connectivity index (χ1v) is 14.6. The lowest BCUT2D eigenvalue weighted by Gasteiger charge is -2.28. The molecule has 9 nitrogen and oxygen atoms in total. The maximum Gasteiger partial charge on any atom is 0.257 e. The first-order valence-electron chi connectivity index (χ1n) is 13.7. The number of aryl methyl sites for hydroxylation is 1. The molecule has 3 aromatic rings. The van der Waals surface area contributed by atoms with Crippen LogP contribution in [0.4, 0.5) is 5.13 Å². The standard InChI is InChI=1S/C29H35N7O2S/c1-35(2)21-8-9-22-26(16-21)39-29(31-22)32-27(37)20-6-3-5-19(15-20)25-7-4-14-36(25)28(38)24-17-23(33-34-24)18-10-12-30-13-11-18/h3,5-6,10-13,15,21,23-25,33-34H,4,7-9,14,16-17H2,1-2H3,(H,31,32,37)/t21-,23?,24?,25+/m0/s1. The predicted octanol–water partition coefficient (Wildman–Crippen LogP) is 3.48. The molecule has 204 valence electrons. The van der Waals surface area contributed by atoms with E-state index in [0.717, 1.165) is 55.5 Å². The van der Waals surface area contributed by atoms with Crippen LogP contribution in [-0.2, 0) is 17.6 Å². The maximum atomic E-state index is 13.6. The smallest absolute Gasteiger partial charge is 0.257 e. The number of nitrogens with zero attached hydrogens (tertiary/aromatic N) is 4. The van der Waals surface area contributed by atoms with E-state index in [2.05, 4.69) is 40.1 Å². The molecule has 0 saturated carbocycles. The van der Waals surface area contributed by atoms with Crippen LogP contribution in [0.2, 0.25) is 0 Å². The second-order valence-electron chi connectivity index (χ2n) is 10.9. The SMILES string of the molecule is CN(C)[C@H]1CCc2nc(NC(=O)c3cccc([C@H]4CCCN4C(=O)C4CC(c5ccncc5)NN4)c3)sc2C1. The van der Waals surface area contributed by atoms with Crippen molar-refractivity contribution in [2.75, 3.05) is 26.0 Å². The molecule has 39 heavy (non-hydrogen) atoms. The first kappa shape index (κ1) is 26.1. The number of aromatic nitrogens is 2. The Hall–Kier alpha value is -3.18. The summed E-state index contributed by atoms with van der Waals surface area (Å²) in [7, 11) is 4.23. The van der Waals surface area contributed by atoms with Crippen molar-refractivity contribution < 1.29 is 9.59 Å². The van der Waals surface area contributed by atoms with Crippen molar-refractivity contribution in [1.29, 1.82) is 0 Å². The zero-order chi connectivity index (χ0) is 26.9. The highest BCUT2D eigenvalue weighted by molar-refractivity contribution is 7.15. The minimum atomic E-state index is -0.293. The van der Waals surface area contributed by atoms with E-state index in [4.69, 9.17) is 4.98 Å². The first-order chi connectivity index (χ1) is 19.0. The minimum absolute atomic E-state index is 0.0397. The number of hydrazine groups is 1. The number of fused-ring (bicyclic) bond motifs is 1. The number of benzene rings is 1. The summed E-state index contributed by atoms with van der Waals surface area (Å²) in [6, 6.07) is 11.9. The summed E-state index contributed by atoms with van der Waals surface area (Å²) in [6.45, 7) is 0.719. The van der Waals surface area contributed by atoms with Gasteiger partial charge in [0.15, 0.2) is 5.13 Å². The number of carbonyl (C=O) groups is 2. The lowest BCUT2D eigenvalue weighted by molar-refractivity contribution is -0.134. The molecule has 2 aromatic heterocycles.